The van der Waals surface area contributed by atoms with Crippen molar-refractivity contribution in [1.29, 1.82) is 0 Å². The highest BCUT2D eigenvalue weighted by Gasteiger charge is 2.45. The first-order valence-electron chi connectivity index (χ1n) is 13.8. The second kappa shape index (κ2) is 14.5. The van der Waals surface area contributed by atoms with Crippen LogP contribution in [0.5, 0.6) is 0 Å². The molecule has 0 N–H and O–H groups in total. The second-order valence-electron chi connectivity index (χ2n) is 13.1. The van der Waals surface area contributed by atoms with Gasteiger partial charge >= 0.3 is 11.9 Å². The molecular weight excluding hydrogens is 708 g/mol. The Labute approximate surface area is 267 Å². The highest BCUT2D eigenvalue weighted by atomic mass is 79.9. The SMILES string of the molecule is COC(=O)C(=O)C[C@H](O[Si](C)(C)C(C)(C)C)[C@@H]1C=C(C(=O)OC)N(C(=O)c2cc(Br)c(Br)n2COCC[Si](C)(C)C)C1. The Morgan fingerprint density at radius 2 is 1.67 bits per heavy atom. The lowest BCUT2D eigenvalue weighted by Gasteiger charge is -2.40. The van der Waals surface area contributed by atoms with Crippen LogP contribution in [0.3, 0.4) is 0 Å². The van der Waals surface area contributed by atoms with E-state index in [4.69, 9.17) is 13.9 Å². The van der Waals surface area contributed by atoms with Crippen LogP contribution in [0.4, 0.5) is 0 Å². The number of methoxy groups -OCH3 is 2. The van der Waals surface area contributed by atoms with Crippen molar-refractivity contribution in [1.82, 2.24) is 9.47 Å². The molecule has 0 spiro atoms. The third-order valence-corrected chi connectivity index (χ3v) is 15.8. The van der Waals surface area contributed by atoms with Gasteiger partial charge in [-0.25, -0.2) is 9.59 Å². The van der Waals surface area contributed by atoms with Gasteiger partial charge in [-0.2, -0.15) is 0 Å². The molecule has 1 aromatic heterocycles. The van der Waals surface area contributed by atoms with E-state index in [2.05, 4.69) is 77.0 Å². The molecule has 236 valence electrons. The van der Waals surface area contributed by atoms with Gasteiger partial charge < -0.3 is 28.1 Å². The van der Waals surface area contributed by atoms with Crippen LogP contribution in [-0.2, 0) is 39.8 Å². The fourth-order valence-corrected chi connectivity index (χ4v) is 7.00. The molecule has 42 heavy (non-hydrogen) atoms. The van der Waals surface area contributed by atoms with E-state index in [1.165, 1.54) is 12.0 Å². The predicted octanol–water partition coefficient (Wildman–Crippen LogP) is 5.98. The summed E-state index contributed by atoms with van der Waals surface area (Å²) in [5, 5.41) is -0.197. The molecule has 0 unspecified atom stereocenters. The maximum absolute atomic E-state index is 14.0. The molecule has 0 aliphatic carbocycles. The van der Waals surface area contributed by atoms with Crippen LogP contribution in [0.2, 0.25) is 43.8 Å². The molecule has 14 heteroatoms. The van der Waals surface area contributed by atoms with E-state index in [1.54, 1.807) is 16.7 Å². The van der Waals surface area contributed by atoms with E-state index in [0.29, 0.717) is 21.4 Å². The number of hydrogen-bond acceptors (Lipinski definition) is 8. The number of aromatic nitrogens is 1. The number of Topliss-reactive ketones (excluding diaryl/α,β-unsaturated/α-hetero) is 1. The van der Waals surface area contributed by atoms with Crippen LogP contribution >= 0.6 is 31.9 Å². The lowest BCUT2D eigenvalue weighted by molar-refractivity contribution is -0.152. The van der Waals surface area contributed by atoms with E-state index in [1.807, 2.05) is 13.1 Å². The van der Waals surface area contributed by atoms with Gasteiger partial charge in [-0.3, -0.25) is 9.59 Å². The van der Waals surface area contributed by atoms with Crippen molar-refractivity contribution in [3.05, 3.63) is 32.6 Å². The van der Waals surface area contributed by atoms with Gasteiger partial charge in [0.15, 0.2) is 8.32 Å². The monoisotopic (exact) mass is 750 g/mol. The molecule has 0 fully saturated rings. The summed E-state index contributed by atoms with van der Waals surface area (Å²) in [5.41, 5.74) is 0.339. The quantitative estimate of drug-likeness (QED) is 0.105. The molecule has 2 atom stereocenters. The summed E-state index contributed by atoms with van der Waals surface area (Å²) in [5.74, 6) is -3.41. The van der Waals surface area contributed by atoms with Crippen LogP contribution in [0.1, 0.15) is 37.7 Å². The van der Waals surface area contributed by atoms with Crippen molar-refractivity contribution >= 4 is 71.9 Å². The van der Waals surface area contributed by atoms with Crippen molar-refractivity contribution < 1.29 is 37.8 Å². The topological polar surface area (TPSA) is 113 Å². The van der Waals surface area contributed by atoms with E-state index < -0.39 is 52.0 Å². The lowest BCUT2D eigenvalue weighted by atomic mass is 9.99. The molecule has 10 nitrogen and oxygen atoms in total. The van der Waals surface area contributed by atoms with Crippen LogP contribution < -0.4 is 0 Å². The number of carbonyl (C=O) groups excluding carboxylic acids is 4. The van der Waals surface area contributed by atoms with Crippen LogP contribution in [0.15, 0.2) is 26.9 Å². The Balaban J connectivity index is 2.45. The van der Waals surface area contributed by atoms with Crippen LogP contribution in [0.25, 0.3) is 0 Å². The van der Waals surface area contributed by atoms with Gasteiger partial charge in [0, 0.05) is 33.6 Å². The zero-order chi connectivity index (χ0) is 32.2. The minimum atomic E-state index is -2.45. The number of hydrogen-bond donors (Lipinski definition) is 0. The van der Waals surface area contributed by atoms with Crippen LogP contribution in [-0.4, -0.2) is 83.0 Å². The van der Waals surface area contributed by atoms with Crippen molar-refractivity contribution in [2.75, 3.05) is 27.4 Å². The van der Waals surface area contributed by atoms with Crippen molar-refractivity contribution in [3.8, 4) is 0 Å². The molecule has 0 saturated carbocycles. The zero-order valence-electron chi connectivity index (χ0n) is 26.3. The third kappa shape index (κ3) is 9.21. The molecule has 1 aromatic rings. The van der Waals surface area contributed by atoms with E-state index in [-0.39, 0.29) is 30.4 Å². The lowest BCUT2D eigenvalue weighted by Crippen LogP contribution is -2.47. The molecule has 2 rings (SSSR count). The number of ether oxygens (including phenoxy) is 3. The number of carbonyl (C=O) groups is 4. The van der Waals surface area contributed by atoms with Gasteiger partial charge in [0.1, 0.15) is 22.7 Å². The Bertz CT molecular complexity index is 1220. The summed E-state index contributed by atoms with van der Waals surface area (Å²) in [7, 11) is -1.36. The van der Waals surface area contributed by atoms with E-state index >= 15 is 0 Å². The summed E-state index contributed by atoms with van der Waals surface area (Å²) in [6.45, 7) is 17.8. The molecule has 1 amide bonds. The highest BCUT2D eigenvalue weighted by Crippen LogP contribution is 2.40. The number of esters is 2. The number of halogens is 2. The smallest absolute Gasteiger partial charge is 0.374 e. The maximum Gasteiger partial charge on any atom is 0.374 e. The van der Waals surface area contributed by atoms with Gasteiger partial charge in [0.25, 0.3) is 5.91 Å². The van der Waals surface area contributed by atoms with Gasteiger partial charge in [-0.15, -0.1) is 0 Å². The normalized spacial score (nSPS) is 16.7. The van der Waals surface area contributed by atoms with Gasteiger partial charge in [-0.1, -0.05) is 40.4 Å². The summed E-state index contributed by atoms with van der Waals surface area (Å²) in [4.78, 5) is 53.0. The van der Waals surface area contributed by atoms with Gasteiger partial charge in [-0.05, 0) is 68.2 Å². The maximum atomic E-state index is 14.0. The highest BCUT2D eigenvalue weighted by molar-refractivity contribution is 9.13. The first-order chi connectivity index (χ1) is 19.2. The molecule has 0 aromatic carbocycles. The Kier molecular flexibility index (Phi) is 12.6. The molecule has 2 heterocycles. The fraction of sp³-hybridized carbons (Fsp3) is 0.643. The second-order valence-corrected chi connectivity index (χ2v) is 25.1. The molecule has 0 bridgehead atoms. The Morgan fingerprint density at radius 3 is 2.19 bits per heavy atom. The number of ketones is 1. The minimum absolute atomic E-state index is 0.0431. The average molecular weight is 753 g/mol. The minimum Gasteiger partial charge on any atom is -0.464 e. The van der Waals surface area contributed by atoms with Crippen LogP contribution in [0, 0.1) is 5.92 Å². The van der Waals surface area contributed by atoms with E-state index in [9.17, 15) is 19.2 Å². The Morgan fingerprint density at radius 1 is 1.05 bits per heavy atom. The molecular formula is C28H44Br2N2O8Si2. The third-order valence-electron chi connectivity index (χ3n) is 7.65. The molecule has 0 saturated heterocycles. The first kappa shape index (κ1) is 36.6. The average Bonchev–Trinajstić information content (AvgIpc) is 3.45. The van der Waals surface area contributed by atoms with Gasteiger partial charge in [0.05, 0.1) is 24.8 Å². The number of rotatable bonds is 13. The van der Waals surface area contributed by atoms with Gasteiger partial charge in [0.2, 0.25) is 5.78 Å². The fourth-order valence-electron chi connectivity index (χ4n) is 4.04. The predicted molar refractivity (Wildman–Crippen MR) is 172 cm³/mol. The Hall–Kier alpha value is -1.59. The first-order valence-corrected chi connectivity index (χ1v) is 22.0. The summed E-state index contributed by atoms with van der Waals surface area (Å²) < 4.78 is 25.2. The van der Waals surface area contributed by atoms with Crippen molar-refractivity contribution in [2.24, 2.45) is 5.92 Å². The van der Waals surface area contributed by atoms with Crippen molar-refractivity contribution in [3.63, 3.8) is 0 Å². The molecule has 1 aliphatic rings. The molecule has 0 radical (unpaired) electrons. The largest absolute Gasteiger partial charge is 0.464 e. The zero-order valence-corrected chi connectivity index (χ0v) is 31.4. The standard InChI is InChI=1S/C28H44Br2N2O8Si2/c1-28(2,3)42(9,10)40-23(15-22(33)27(36)38-5)18-13-21(26(35)37-4)31(16-18)25(34)20-14-19(29)24(30)32(20)17-39-11-12-41(6,7)8/h13-14,18,23H,11-12,15-17H2,1-10H3/t18-,23+/m1/s1. The number of amides is 1. The summed E-state index contributed by atoms with van der Waals surface area (Å²) in [6, 6.07) is 2.64. The summed E-state index contributed by atoms with van der Waals surface area (Å²) in [6.07, 6.45) is 0.577. The van der Waals surface area contributed by atoms with Crippen molar-refractivity contribution in [2.45, 2.75) is 83.8 Å². The molecule has 1 aliphatic heterocycles. The van der Waals surface area contributed by atoms with E-state index in [0.717, 1.165) is 13.2 Å². The number of nitrogens with zero attached hydrogens (tertiary/aromatic N) is 2. The summed E-state index contributed by atoms with van der Waals surface area (Å²) >= 11 is 7.02.